The van der Waals surface area contributed by atoms with Crippen molar-refractivity contribution in [2.24, 2.45) is 5.73 Å². The number of nitrogens with two attached hydrogens (primary N) is 1. The second kappa shape index (κ2) is 7.44. The van der Waals surface area contributed by atoms with Gasteiger partial charge in [-0.2, -0.15) is 0 Å². The summed E-state index contributed by atoms with van der Waals surface area (Å²) in [6.07, 6.45) is 1.17. The molecule has 1 aromatic heterocycles. The summed E-state index contributed by atoms with van der Waals surface area (Å²) in [6.45, 7) is 7.25. The van der Waals surface area contributed by atoms with Crippen LogP contribution in [0.25, 0.3) is 0 Å². The van der Waals surface area contributed by atoms with Crippen LogP contribution >= 0.6 is 11.3 Å². The minimum atomic E-state index is 0.123. The van der Waals surface area contributed by atoms with Crippen molar-refractivity contribution in [2.45, 2.75) is 13.3 Å². The first-order chi connectivity index (χ1) is 9.74. The van der Waals surface area contributed by atoms with Gasteiger partial charge >= 0.3 is 0 Å². The molecule has 0 spiro atoms. The van der Waals surface area contributed by atoms with Crippen molar-refractivity contribution in [3.8, 4) is 11.8 Å². The van der Waals surface area contributed by atoms with Crippen molar-refractivity contribution in [3.63, 3.8) is 0 Å². The first-order valence-electron chi connectivity index (χ1n) is 7.03. The fraction of sp³-hybridized carbons (Fsp3) is 0.533. The molecular weight excluding hydrogens is 270 g/mol. The average Bonchev–Trinajstić information content (AvgIpc) is 2.94. The Kier molecular flexibility index (Phi) is 5.60. The van der Waals surface area contributed by atoms with E-state index in [4.69, 9.17) is 5.73 Å². The van der Waals surface area contributed by atoms with Gasteiger partial charge in [-0.05, 0) is 19.0 Å². The molecule has 0 saturated carbocycles. The molecule has 4 nitrogen and oxygen atoms in total. The molecule has 0 radical (unpaired) electrons. The van der Waals surface area contributed by atoms with E-state index in [1.54, 1.807) is 0 Å². The Morgan fingerprint density at radius 3 is 2.80 bits per heavy atom. The molecule has 1 aliphatic rings. The van der Waals surface area contributed by atoms with Crippen molar-refractivity contribution in [3.05, 3.63) is 21.9 Å². The Hall–Kier alpha value is -1.35. The van der Waals surface area contributed by atoms with E-state index in [0.29, 0.717) is 6.54 Å². The van der Waals surface area contributed by atoms with Gasteiger partial charge in [0.15, 0.2) is 0 Å². The minimum absolute atomic E-state index is 0.123. The number of thiophene rings is 1. The lowest BCUT2D eigenvalue weighted by molar-refractivity contribution is 0.0638. The van der Waals surface area contributed by atoms with Crippen molar-refractivity contribution in [1.29, 1.82) is 0 Å². The molecule has 0 bridgehead atoms. The van der Waals surface area contributed by atoms with Crippen LogP contribution in [-0.2, 0) is 0 Å². The molecule has 1 aromatic rings. The molecule has 20 heavy (non-hydrogen) atoms. The lowest BCUT2D eigenvalue weighted by Crippen LogP contribution is -2.48. The SMILES string of the molecule is CCCN1CCN(C(=O)c2csc(C#CCN)c2)CC1. The molecule has 2 rings (SSSR count). The van der Waals surface area contributed by atoms with E-state index in [0.717, 1.165) is 43.2 Å². The van der Waals surface area contributed by atoms with Gasteiger partial charge in [0, 0.05) is 31.6 Å². The van der Waals surface area contributed by atoms with Crippen LogP contribution in [0.5, 0.6) is 0 Å². The zero-order valence-electron chi connectivity index (χ0n) is 11.9. The van der Waals surface area contributed by atoms with Crippen molar-refractivity contribution >= 4 is 17.2 Å². The fourth-order valence-corrected chi connectivity index (χ4v) is 3.07. The maximum absolute atomic E-state index is 12.4. The zero-order chi connectivity index (χ0) is 14.4. The first kappa shape index (κ1) is 15.0. The molecule has 0 atom stereocenters. The summed E-state index contributed by atoms with van der Waals surface area (Å²) in [5.74, 6) is 5.91. The zero-order valence-corrected chi connectivity index (χ0v) is 12.7. The number of nitrogens with zero attached hydrogens (tertiary/aromatic N) is 2. The monoisotopic (exact) mass is 291 g/mol. The van der Waals surface area contributed by atoms with Crippen LogP contribution in [0.15, 0.2) is 11.4 Å². The quantitative estimate of drug-likeness (QED) is 0.852. The third-order valence-corrected chi connectivity index (χ3v) is 4.21. The Labute approximate surface area is 124 Å². The van der Waals surface area contributed by atoms with E-state index in [-0.39, 0.29) is 5.91 Å². The van der Waals surface area contributed by atoms with Gasteiger partial charge in [0.05, 0.1) is 17.0 Å². The largest absolute Gasteiger partial charge is 0.336 e. The molecule has 1 amide bonds. The molecule has 0 aliphatic carbocycles. The van der Waals surface area contributed by atoms with Crippen LogP contribution in [0.2, 0.25) is 0 Å². The van der Waals surface area contributed by atoms with Gasteiger partial charge in [-0.3, -0.25) is 9.69 Å². The average molecular weight is 291 g/mol. The molecule has 2 heterocycles. The van der Waals surface area contributed by atoms with Crippen LogP contribution in [-0.4, -0.2) is 55.0 Å². The highest BCUT2D eigenvalue weighted by Gasteiger charge is 2.22. The van der Waals surface area contributed by atoms with Crippen LogP contribution in [0.4, 0.5) is 0 Å². The summed E-state index contributed by atoms with van der Waals surface area (Å²) in [7, 11) is 0. The molecule has 1 fully saturated rings. The molecular formula is C15H21N3OS. The number of hydrogen-bond donors (Lipinski definition) is 1. The summed E-state index contributed by atoms with van der Waals surface area (Å²) >= 11 is 1.50. The summed E-state index contributed by atoms with van der Waals surface area (Å²) in [4.78, 5) is 17.6. The number of hydrogen-bond acceptors (Lipinski definition) is 4. The van der Waals surface area contributed by atoms with Crippen LogP contribution < -0.4 is 5.73 Å². The van der Waals surface area contributed by atoms with E-state index in [1.165, 1.54) is 17.8 Å². The van der Waals surface area contributed by atoms with E-state index >= 15 is 0 Å². The lowest BCUT2D eigenvalue weighted by atomic mass is 10.2. The smallest absolute Gasteiger partial charge is 0.254 e. The van der Waals surface area contributed by atoms with Crippen molar-refractivity contribution in [2.75, 3.05) is 39.3 Å². The van der Waals surface area contributed by atoms with Crippen LogP contribution in [0, 0.1) is 11.8 Å². The summed E-state index contributed by atoms with van der Waals surface area (Å²) in [5, 5.41) is 1.89. The third kappa shape index (κ3) is 3.83. The summed E-state index contributed by atoms with van der Waals surface area (Å²) in [6, 6.07) is 1.87. The second-order valence-electron chi connectivity index (χ2n) is 4.84. The summed E-state index contributed by atoms with van der Waals surface area (Å²) in [5.41, 5.74) is 6.10. The lowest BCUT2D eigenvalue weighted by Gasteiger charge is -2.34. The number of piperazine rings is 1. The van der Waals surface area contributed by atoms with Gasteiger partial charge in [-0.25, -0.2) is 0 Å². The topological polar surface area (TPSA) is 49.6 Å². The molecule has 1 saturated heterocycles. The molecule has 0 aromatic carbocycles. The Morgan fingerprint density at radius 2 is 2.15 bits per heavy atom. The van der Waals surface area contributed by atoms with E-state index in [9.17, 15) is 4.79 Å². The normalized spacial score (nSPS) is 15.8. The van der Waals surface area contributed by atoms with Gasteiger partial charge in [-0.15, -0.1) is 11.3 Å². The van der Waals surface area contributed by atoms with E-state index < -0.39 is 0 Å². The highest BCUT2D eigenvalue weighted by Crippen LogP contribution is 2.16. The first-order valence-corrected chi connectivity index (χ1v) is 7.91. The standard InChI is InChI=1S/C15H21N3OS/c1-2-6-17-7-9-18(10-8-17)15(19)13-11-14(20-12-13)4-3-5-16/h11-12H,2,5-10,16H2,1H3. The molecule has 2 N–H and O–H groups in total. The van der Waals surface area contributed by atoms with Gasteiger partial charge in [0.1, 0.15) is 0 Å². The van der Waals surface area contributed by atoms with Gasteiger partial charge in [-0.1, -0.05) is 18.8 Å². The van der Waals surface area contributed by atoms with Crippen LogP contribution in [0.1, 0.15) is 28.6 Å². The second-order valence-corrected chi connectivity index (χ2v) is 5.75. The number of carbonyl (C=O) groups is 1. The molecule has 0 unspecified atom stereocenters. The summed E-state index contributed by atoms with van der Waals surface area (Å²) < 4.78 is 0. The van der Waals surface area contributed by atoms with Crippen LogP contribution in [0.3, 0.4) is 0 Å². The predicted octanol–water partition coefficient (Wildman–Crippen LogP) is 1.23. The predicted molar refractivity (Wildman–Crippen MR) is 82.9 cm³/mol. The highest BCUT2D eigenvalue weighted by molar-refractivity contribution is 7.10. The number of carbonyl (C=O) groups excluding carboxylic acids is 1. The molecule has 108 valence electrons. The molecule has 5 heteroatoms. The fourth-order valence-electron chi connectivity index (χ4n) is 2.33. The number of amides is 1. The van der Waals surface area contributed by atoms with E-state index in [1.807, 2.05) is 16.3 Å². The Balaban J connectivity index is 1.93. The van der Waals surface area contributed by atoms with Gasteiger partial charge in [0.2, 0.25) is 0 Å². The van der Waals surface area contributed by atoms with Crippen molar-refractivity contribution < 1.29 is 4.79 Å². The Bertz CT molecular complexity index is 507. The highest BCUT2D eigenvalue weighted by atomic mass is 32.1. The van der Waals surface area contributed by atoms with Crippen molar-refractivity contribution in [1.82, 2.24) is 9.80 Å². The maximum atomic E-state index is 12.4. The Morgan fingerprint density at radius 1 is 1.40 bits per heavy atom. The minimum Gasteiger partial charge on any atom is -0.336 e. The maximum Gasteiger partial charge on any atom is 0.254 e. The van der Waals surface area contributed by atoms with E-state index in [2.05, 4.69) is 23.7 Å². The molecule has 1 aliphatic heterocycles. The van der Waals surface area contributed by atoms with Gasteiger partial charge < -0.3 is 10.6 Å². The number of rotatable bonds is 3. The van der Waals surface area contributed by atoms with Gasteiger partial charge in [0.25, 0.3) is 5.91 Å². The third-order valence-electron chi connectivity index (χ3n) is 3.36.